The van der Waals surface area contributed by atoms with Crippen molar-refractivity contribution in [2.45, 2.75) is 24.3 Å². The van der Waals surface area contributed by atoms with E-state index >= 15 is 0 Å². The third-order valence-electron chi connectivity index (χ3n) is 6.37. The van der Waals surface area contributed by atoms with Gasteiger partial charge in [-0.15, -0.1) is 11.3 Å². The van der Waals surface area contributed by atoms with Gasteiger partial charge in [0.1, 0.15) is 16.4 Å². The number of hydrogen-bond acceptors (Lipinski definition) is 7. The number of para-hydroxylation sites is 3. The molecule has 3 aromatic carbocycles. The zero-order valence-electron chi connectivity index (χ0n) is 21.3. The summed E-state index contributed by atoms with van der Waals surface area (Å²) in [6.07, 6.45) is 0. The van der Waals surface area contributed by atoms with Crippen molar-refractivity contribution in [2.24, 2.45) is 0 Å². The summed E-state index contributed by atoms with van der Waals surface area (Å²) in [5, 5.41) is 3.25. The van der Waals surface area contributed by atoms with E-state index in [1.54, 1.807) is 10.6 Å². The van der Waals surface area contributed by atoms with Crippen molar-refractivity contribution in [1.29, 1.82) is 0 Å². The van der Waals surface area contributed by atoms with Crippen LogP contribution in [0, 0.1) is 0 Å². The lowest BCUT2D eigenvalue weighted by atomic mass is 10.1. The topological polar surface area (TPSA) is 89.9 Å². The van der Waals surface area contributed by atoms with Crippen LogP contribution in [0.1, 0.15) is 24.9 Å². The first-order chi connectivity index (χ1) is 19.0. The highest BCUT2D eigenvalue weighted by Crippen LogP contribution is 2.36. The Kier molecular flexibility index (Phi) is 6.76. The Bertz CT molecular complexity index is 1930. The minimum atomic E-state index is -0.303. The fourth-order valence-electron chi connectivity index (χ4n) is 4.53. The maximum absolute atomic E-state index is 13.8. The molecule has 6 rings (SSSR count). The first-order valence-corrected chi connectivity index (χ1v) is 14.3. The highest BCUT2D eigenvalue weighted by Gasteiger charge is 2.22. The lowest BCUT2D eigenvalue weighted by molar-refractivity contribution is 0.338. The fourth-order valence-corrected chi connectivity index (χ4v) is 6.46. The molecule has 1 unspecified atom stereocenters. The standard InChI is InChI=1S/C30H24N4O3S2/c1-3-37-24-16-10-9-15-23(24)34-29(36)20-13-7-8-14-22(20)31-30(34)39-18(2)26-32-27(35)25-21(17-38-28(25)33-26)19-11-5-4-6-12-19/h4-18H,3H2,1-2H3,(H,32,33,35). The van der Waals surface area contributed by atoms with E-state index in [1.807, 2.05) is 92.0 Å². The van der Waals surface area contributed by atoms with Crippen molar-refractivity contribution in [2.75, 3.05) is 6.61 Å². The van der Waals surface area contributed by atoms with Gasteiger partial charge in [-0.3, -0.25) is 14.2 Å². The predicted molar refractivity (Wildman–Crippen MR) is 158 cm³/mol. The number of nitrogens with zero attached hydrogens (tertiary/aromatic N) is 3. The summed E-state index contributed by atoms with van der Waals surface area (Å²) in [5.74, 6) is 1.11. The normalized spacial score (nSPS) is 12.2. The number of fused-ring (bicyclic) bond motifs is 2. The SMILES string of the molecule is CCOc1ccccc1-n1c(SC(C)c2nc3scc(-c4ccccc4)c3c(=O)[nH]2)nc2ccccc2c1=O. The van der Waals surface area contributed by atoms with Crippen LogP contribution in [0.15, 0.2) is 99.0 Å². The molecule has 0 saturated heterocycles. The molecular formula is C30H24N4O3S2. The van der Waals surface area contributed by atoms with Crippen molar-refractivity contribution in [1.82, 2.24) is 19.5 Å². The molecule has 0 amide bonds. The molecule has 0 spiro atoms. The second-order valence-corrected chi connectivity index (χ2v) is 11.0. The molecule has 3 aromatic heterocycles. The van der Waals surface area contributed by atoms with Gasteiger partial charge in [0.05, 0.1) is 33.8 Å². The van der Waals surface area contributed by atoms with E-state index in [2.05, 4.69) is 4.98 Å². The maximum Gasteiger partial charge on any atom is 0.266 e. The number of rotatable bonds is 7. The minimum Gasteiger partial charge on any atom is -0.492 e. The summed E-state index contributed by atoms with van der Waals surface area (Å²) in [4.78, 5) is 40.4. The van der Waals surface area contributed by atoms with Crippen LogP contribution in [0.5, 0.6) is 5.75 Å². The number of aromatic nitrogens is 4. The summed E-state index contributed by atoms with van der Waals surface area (Å²) in [7, 11) is 0. The van der Waals surface area contributed by atoms with E-state index in [-0.39, 0.29) is 16.4 Å². The lowest BCUT2D eigenvalue weighted by Gasteiger charge is -2.18. The van der Waals surface area contributed by atoms with Gasteiger partial charge < -0.3 is 9.72 Å². The number of benzene rings is 3. The van der Waals surface area contributed by atoms with E-state index in [0.29, 0.717) is 50.1 Å². The first-order valence-electron chi connectivity index (χ1n) is 12.5. The van der Waals surface area contributed by atoms with E-state index in [1.165, 1.54) is 23.1 Å². The molecule has 3 heterocycles. The summed E-state index contributed by atoms with van der Waals surface area (Å²) in [6.45, 7) is 4.31. The molecule has 6 aromatic rings. The number of nitrogens with one attached hydrogen (secondary N) is 1. The Morgan fingerprint density at radius 2 is 1.72 bits per heavy atom. The fraction of sp³-hybridized carbons (Fsp3) is 0.133. The maximum atomic E-state index is 13.8. The third kappa shape index (κ3) is 4.64. The van der Waals surface area contributed by atoms with Gasteiger partial charge in [0, 0.05) is 10.9 Å². The molecule has 0 saturated carbocycles. The number of thiophene rings is 1. The number of H-pyrrole nitrogens is 1. The second kappa shape index (κ2) is 10.5. The molecule has 0 aliphatic heterocycles. The Labute approximate surface area is 232 Å². The van der Waals surface area contributed by atoms with Crippen molar-refractivity contribution < 1.29 is 4.74 Å². The van der Waals surface area contributed by atoms with E-state index < -0.39 is 0 Å². The highest BCUT2D eigenvalue weighted by atomic mass is 32.2. The Hall–Kier alpha value is -4.21. The highest BCUT2D eigenvalue weighted by molar-refractivity contribution is 7.99. The zero-order valence-corrected chi connectivity index (χ0v) is 22.9. The van der Waals surface area contributed by atoms with Crippen LogP contribution >= 0.6 is 23.1 Å². The molecular weight excluding hydrogens is 528 g/mol. The first kappa shape index (κ1) is 25.1. The van der Waals surface area contributed by atoms with Crippen molar-refractivity contribution in [3.05, 3.63) is 111 Å². The summed E-state index contributed by atoms with van der Waals surface area (Å²) in [5.41, 5.74) is 2.68. The molecule has 0 aliphatic carbocycles. The Morgan fingerprint density at radius 3 is 2.54 bits per heavy atom. The van der Waals surface area contributed by atoms with Gasteiger partial charge in [0.15, 0.2) is 5.16 Å². The minimum absolute atomic E-state index is 0.187. The Morgan fingerprint density at radius 1 is 0.974 bits per heavy atom. The van der Waals surface area contributed by atoms with Crippen LogP contribution < -0.4 is 15.9 Å². The smallest absolute Gasteiger partial charge is 0.266 e. The third-order valence-corrected chi connectivity index (χ3v) is 8.30. The van der Waals surface area contributed by atoms with Gasteiger partial charge in [-0.05, 0) is 43.7 Å². The van der Waals surface area contributed by atoms with Crippen LogP contribution in [0.3, 0.4) is 0 Å². The average molecular weight is 553 g/mol. The molecule has 0 aliphatic rings. The molecule has 194 valence electrons. The van der Waals surface area contributed by atoms with Crippen LogP contribution in [-0.2, 0) is 0 Å². The number of thioether (sulfide) groups is 1. The second-order valence-electron chi connectivity index (χ2n) is 8.86. The number of aromatic amines is 1. The molecule has 7 nitrogen and oxygen atoms in total. The molecule has 0 radical (unpaired) electrons. The average Bonchev–Trinajstić information content (AvgIpc) is 3.39. The lowest BCUT2D eigenvalue weighted by Crippen LogP contribution is -2.23. The van der Waals surface area contributed by atoms with Crippen LogP contribution in [0.4, 0.5) is 0 Å². The van der Waals surface area contributed by atoms with Crippen LogP contribution in [0.2, 0.25) is 0 Å². The summed E-state index contributed by atoms with van der Waals surface area (Å²) >= 11 is 2.81. The monoisotopic (exact) mass is 552 g/mol. The van der Waals surface area contributed by atoms with Gasteiger partial charge in [-0.25, -0.2) is 9.97 Å². The van der Waals surface area contributed by atoms with E-state index in [0.717, 1.165) is 11.1 Å². The van der Waals surface area contributed by atoms with E-state index in [9.17, 15) is 9.59 Å². The van der Waals surface area contributed by atoms with Gasteiger partial charge in [-0.1, -0.05) is 66.4 Å². The van der Waals surface area contributed by atoms with Crippen molar-refractivity contribution in [3.8, 4) is 22.6 Å². The van der Waals surface area contributed by atoms with Gasteiger partial charge in [0.2, 0.25) is 0 Å². The Balaban J connectivity index is 1.45. The van der Waals surface area contributed by atoms with Crippen molar-refractivity contribution >= 4 is 44.2 Å². The molecule has 1 atom stereocenters. The van der Waals surface area contributed by atoms with E-state index in [4.69, 9.17) is 14.7 Å². The molecule has 0 bridgehead atoms. The van der Waals surface area contributed by atoms with Gasteiger partial charge in [-0.2, -0.15) is 0 Å². The summed E-state index contributed by atoms with van der Waals surface area (Å²) < 4.78 is 7.44. The molecule has 9 heteroatoms. The summed E-state index contributed by atoms with van der Waals surface area (Å²) in [6, 6.07) is 24.5. The van der Waals surface area contributed by atoms with Gasteiger partial charge >= 0.3 is 0 Å². The van der Waals surface area contributed by atoms with Crippen molar-refractivity contribution in [3.63, 3.8) is 0 Å². The predicted octanol–water partition coefficient (Wildman–Crippen LogP) is 6.60. The largest absolute Gasteiger partial charge is 0.492 e. The van der Waals surface area contributed by atoms with Gasteiger partial charge in [0.25, 0.3) is 11.1 Å². The quantitative estimate of drug-likeness (QED) is 0.177. The van der Waals surface area contributed by atoms with Crippen LogP contribution in [0.25, 0.3) is 37.9 Å². The molecule has 0 fully saturated rings. The zero-order chi connectivity index (χ0) is 26.9. The molecule has 1 N–H and O–H groups in total. The number of hydrogen-bond donors (Lipinski definition) is 1. The number of ether oxygens (including phenoxy) is 1. The van der Waals surface area contributed by atoms with Crippen LogP contribution in [-0.4, -0.2) is 26.1 Å². The molecule has 39 heavy (non-hydrogen) atoms.